The van der Waals surface area contributed by atoms with Gasteiger partial charge in [-0.15, -0.1) is 0 Å². The summed E-state index contributed by atoms with van der Waals surface area (Å²) in [5.41, 5.74) is 0. The van der Waals surface area contributed by atoms with E-state index in [2.05, 4.69) is 12.2 Å². The zero-order valence-electron chi connectivity index (χ0n) is 12.2. The van der Waals surface area contributed by atoms with Crippen LogP contribution < -0.4 is 0 Å². The van der Waals surface area contributed by atoms with E-state index in [0.29, 0.717) is 6.02 Å². The lowest BCUT2D eigenvalue weighted by molar-refractivity contribution is -0.484. The molecule has 6 nitrogen and oxygen atoms in total. The van der Waals surface area contributed by atoms with Crippen molar-refractivity contribution in [2.75, 3.05) is 28.2 Å². The summed E-state index contributed by atoms with van der Waals surface area (Å²) in [6.45, 7) is 0. The van der Waals surface area contributed by atoms with Crippen molar-refractivity contribution in [2.24, 2.45) is 23.7 Å². The molecule has 1 heterocycles. The third-order valence-corrected chi connectivity index (χ3v) is 4.37. The number of amidine groups is 1. The maximum absolute atomic E-state index is 12.5. The van der Waals surface area contributed by atoms with Crippen LogP contribution in [0.4, 0.5) is 0 Å². The van der Waals surface area contributed by atoms with Crippen LogP contribution in [0, 0.1) is 23.7 Å². The van der Waals surface area contributed by atoms with E-state index in [9.17, 15) is 9.59 Å². The molecule has 2 aliphatic carbocycles. The van der Waals surface area contributed by atoms with Gasteiger partial charge in [0, 0.05) is 0 Å². The summed E-state index contributed by atoms with van der Waals surface area (Å²) in [5, 5.41) is 0.969. The highest BCUT2D eigenvalue weighted by Crippen LogP contribution is 2.52. The lowest BCUT2D eigenvalue weighted by Crippen LogP contribution is -2.42. The van der Waals surface area contributed by atoms with E-state index in [4.69, 9.17) is 4.84 Å². The molecule has 0 unspecified atom stereocenters. The van der Waals surface area contributed by atoms with Crippen LogP contribution in [0.2, 0.25) is 0 Å². The monoisotopic (exact) mass is 278 g/mol. The number of carbonyl (C=O) groups excluding carboxylic acids is 2. The third-order valence-electron chi connectivity index (χ3n) is 4.37. The van der Waals surface area contributed by atoms with Crippen molar-refractivity contribution in [3.63, 3.8) is 0 Å². The van der Waals surface area contributed by atoms with Gasteiger partial charge in [-0.05, 0) is 18.3 Å². The fourth-order valence-corrected chi connectivity index (χ4v) is 3.61. The zero-order chi connectivity index (χ0) is 14.6. The van der Waals surface area contributed by atoms with Crippen molar-refractivity contribution < 1.29 is 19.0 Å². The van der Waals surface area contributed by atoms with Gasteiger partial charge in [-0.1, -0.05) is 17.2 Å². The largest absolute Gasteiger partial charge is 0.470 e. The number of hydrogen-bond acceptors (Lipinski definition) is 3. The predicted molar refractivity (Wildman–Crippen MR) is 71.5 cm³/mol. The number of carbonyl (C=O) groups is 2. The summed E-state index contributed by atoms with van der Waals surface area (Å²) in [7, 11) is 7.25. The Balaban J connectivity index is 1.85. The van der Waals surface area contributed by atoms with E-state index in [1.165, 1.54) is 0 Å². The fourth-order valence-electron chi connectivity index (χ4n) is 3.61. The van der Waals surface area contributed by atoms with Crippen molar-refractivity contribution in [1.29, 1.82) is 0 Å². The summed E-state index contributed by atoms with van der Waals surface area (Å²) < 4.78 is 1.74. The van der Waals surface area contributed by atoms with Crippen molar-refractivity contribution >= 4 is 17.8 Å². The summed E-state index contributed by atoms with van der Waals surface area (Å²) in [6.07, 6.45) is 5.07. The average molecular weight is 278 g/mol. The summed E-state index contributed by atoms with van der Waals surface area (Å²) in [5.74, 6) is -0.420. The van der Waals surface area contributed by atoms with Crippen LogP contribution in [0.15, 0.2) is 12.2 Å². The molecule has 3 rings (SSSR count). The minimum atomic E-state index is -0.219. The highest BCUT2D eigenvalue weighted by molar-refractivity contribution is 6.06. The van der Waals surface area contributed by atoms with E-state index in [1.807, 2.05) is 28.2 Å². The second kappa shape index (κ2) is 4.33. The molecule has 20 heavy (non-hydrogen) atoms. The Bertz CT molecular complexity index is 504. The van der Waals surface area contributed by atoms with Gasteiger partial charge in [-0.25, -0.2) is 9.48 Å². The van der Waals surface area contributed by atoms with Crippen LogP contribution in [0.25, 0.3) is 0 Å². The minimum Gasteiger partial charge on any atom is -0.292 e. The molecule has 2 amide bonds. The van der Waals surface area contributed by atoms with Gasteiger partial charge in [0.25, 0.3) is 11.8 Å². The minimum absolute atomic E-state index is 0.196. The molecule has 2 bridgehead atoms. The zero-order valence-corrected chi connectivity index (χ0v) is 12.2. The summed E-state index contributed by atoms with van der Waals surface area (Å²) >= 11 is 0. The SMILES string of the molecule is CN(C)C(ON1C(=O)[C@@H]2[C@H](C1=O)[C@H]1C=C[C@H]2C1)=[N+](C)C. The average Bonchev–Trinajstić information content (AvgIpc) is 3.02. The van der Waals surface area contributed by atoms with Crippen LogP contribution in [0.3, 0.4) is 0 Å². The number of imide groups is 1. The second-order valence-corrected chi connectivity index (χ2v) is 6.13. The van der Waals surface area contributed by atoms with Crippen LogP contribution in [0.1, 0.15) is 6.42 Å². The number of hydrogen-bond donors (Lipinski definition) is 0. The molecular formula is C14H20N3O3+. The Kier molecular flexibility index (Phi) is 2.84. The molecule has 0 aromatic carbocycles. The van der Waals surface area contributed by atoms with Crippen LogP contribution in [0.5, 0.6) is 0 Å². The van der Waals surface area contributed by atoms with Crippen molar-refractivity contribution in [3.05, 3.63) is 12.2 Å². The Morgan fingerprint density at radius 3 is 2.10 bits per heavy atom. The summed E-state index contributed by atoms with van der Waals surface area (Å²) in [6, 6.07) is 0.465. The quantitative estimate of drug-likeness (QED) is 0.221. The van der Waals surface area contributed by atoms with Crippen LogP contribution >= 0.6 is 0 Å². The molecule has 6 heteroatoms. The van der Waals surface area contributed by atoms with Crippen LogP contribution in [-0.4, -0.2) is 60.6 Å². The van der Waals surface area contributed by atoms with E-state index in [0.717, 1.165) is 11.5 Å². The topological polar surface area (TPSA) is 52.9 Å². The van der Waals surface area contributed by atoms with E-state index in [1.54, 1.807) is 9.48 Å². The second-order valence-electron chi connectivity index (χ2n) is 6.13. The fraction of sp³-hybridized carbons (Fsp3) is 0.643. The van der Waals surface area contributed by atoms with Gasteiger partial charge >= 0.3 is 6.02 Å². The highest BCUT2D eigenvalue weighted by atomic mass is 16.7. The van der Waals surface area contributed by atoms with Gasteiger partial charge in [-0.2, -0.15) is 0 Å². The molecule has 0 aromatic rings. The number of rotatable bonds is 1. The highest BCUT2D eigenvalue weighted by Gasteiger charge is 2.61. The van der Waals surface area contributed by atoms with E-state index in [-0.39, 0.29) is 35.5 Å². The molecule has 0 aromatic heterocycles. The Morgan fingerprint density at radius 1 is 1.20 bits per heavy atom. The Labute approximate surface area is 118 Å². The molecule has 0 radical (unpaired) electrons. The third kappa shape index (κ3) is 1.67. The lowest BCUT2D eigenvalue weighted by Gasteiger charge is -2.18. The number of nitrogens with zero attached hydrogens (tertiary/aromatic N) is 3. The first-order valence-electron chi connectivity index (χ1n) is 6.87. The first-order valence-corrected chi connectivity index (χ1v) is 6.87. The first kappa shape index (κ1) is 13.1. The van der Waals surface area contributed by atoms with Crippen LogP contribution in [-0.2, 0) is 14.4 Å². The molecule has 0 N–H and O–H groups in total. The Hall–Kier alpha value is -1.85. The lowest BCUT2D eigenvalue weighted by atomic mass is 9.85. The molecule has 1 saturated carbocycles. The maximum atomic E-state index is 12.5. The first-order chi connectivity index (χ1) is 9.41. The molecule has 2 fully saturated rings. The normalized spacial score (nSPS) is 33.7. The van der Waals surface area contributed by atoms with Crippen molar-refractivity contribution in [2.45, 2.75) is 6.42 Å². The van der Waals surface area contributed by atoms with Gasteiger partial charge in [0.2, 0.25) is 0 Å². The van der Waals surface area contributed by atoms with Gasteiger partial charge in [0.15, 0.2) is 0 Å². The smallest absolute Gasteiger partial charge is 0.292 e. The van der Waals surface area contributed by atoms with Gasteiger partial charge in [0.05, 0.1) is 40.0 Å². The number of amides is 2. The Morgan fingerprint density at radius 2 is 1.70 bits per heavy atom. The number of fused-ring (bicyclic) bond motifs is 5. The molecule has 3 aliphatic rings. The van der Waals surface area contributed by atoms with E-state index >= 15 is 0 Å². The molecule has 108 valence electrons. The van der Waals surface area contributed by atoms with Crippen molar-refractivity contribution in [1.82, 2.24) is 9.96 Å². The molecule has 4 atom stereocenters. The van der Waals surface area contributed by atoms with Gasteiger partial charge in [0.1, 0.15) is 0 Å². The molecular weight excluding hydrogens is 258 g/mol. The molecule has 1 aliphatic heterocycles. The molecule has 0 spiro atoms. The maximum Gasteiger partial charge on any atom is 0.470 e. The molecule has 1 saturated heterocycles. The van der Waals surface area contributed by atoms with Crippen molar-refractivity contribution in [3.8, 4) is 0 Å². The van der Waals surface area contributed by atoms with E-state index < -0.39 is 0 Å². The summed E-state index contributed by atoms with van der Waals surface area (Å²) in [4.78, 5) is 32.3. The van der Waals surface area contributed by atoms with Gasteiger partial charge < -0.3 is 0 Å². The predicted octanol–water partition coefficient (Wildman–Crippen LogP) is -0.0852. The standard InChI is InChI=1S/C14H20N3O3/c1-15(2)14(16(3)4)20-17-12(18)10-8-5-6-9(7-8)11(10)13(17)19/h5-6,8-11H,7H2,1-4H3/q+1/t8-,9-,10-,11+/m0/s1. The number of hydroxylamine groups is 2. The number of allylic oxidation sites excluding steroid dienone is 2. The van der Waals surface area contributed by atoms with Gasteiger partial charge in [-0.3, -0.25) is 14.4 Å².